The van der Waals surface area contributed by atoms with Crippen molar-refractivity contribution in [2.45, 2.75) is 18.1 Å². The third kappa shape index (κ3) is 3.75. The lowest BCUT2D eigenvalue weighted by atomic mass is 9.86. The van der Waals surface area contributed by atoms with E-state index in [0.717, 1.165) is 10.0 Å². The van der Waals surface area contributed by atoms with Gasteiger partial charge in [0.1, 0.15) is 11.9 Å². The normalized spacial score (nSPS) is 27.0. The number of carbonyl (C=O) groups excluding carboxylic acids is 1. The van der Waals surface area contributed by atoms with Gasteiger partial charge in [0.25, 0.3) is 5.91 Å². The van der Waals surface area contributed by atoms with E-state index in [1.165, 1.54) is 0 Å². The van der Waals surface area contributed by atoms with Gasteiger partial charge in [0.2, 0.25) is 0 Å². The zero-order valence-electron chi connectivity index (χ0n) is 13.3. The van der Waals surface area contributed by atoms with Crippen molar-refractivity contribution in [3.63, 3.8) is 0 Å². The molecule has 0 aliphatic carbocycles. The first-order valence-corrected chi connectivity index (χ1v) is 8.70. The van der Waals surface area contributed by atoms with Crippen molar-refractivity contribution in [3.05, 3.63) is 46.5 Å². The van der Waals surface area contributed by atoms with Gasteiger partial charge in [0.15, 0.2) is 0 Å². The number of halogens is 1. The standard InChI is InChI=1S/C17H21BrN4O2/c18-13-3-1-2-12(10-13)11-17(20)5-4-14(21-16(17)19)15(23)22-6-8-24-9-7-22/h1-5,10,16H,6-9,11,19-20H2. The molecule has 1 aromatic rings. The maximum absolute atomic E-state index is 12.5. The lowest BCUT2D eigenvalue weighted by Crippen LogP contribution is -2.57. The van der Waals surface area contributed by atoms with Crippen LogP contribution in [0.5, 0.6) is 0 Å². The summed E-state index contributed by atoms with van der Waals surface area (Å²) in [6.45, 7) is 2.26. The maximum atomic E-state index is 12.5. The zero-order chi connectivity index (χ0) is 17.2. The predicted octanol–water partition coefficient (Wildman–Crippen LogP) is 0.844. The first-order valence-electron chi connectivity index (χ1n) is 7.91. The van der Waals surface area contributed by atoms with Crippen LogP contribution in [0.1, 0.15) is 5.56 Å². The Morgan fingerprint density at radius 2 is 2.17 bits per heavy atom. The number of aliphatic imine (C=N–C) groups is 1. The Kier molecular flexibility index (Phi) is 5.15. The first-order chi connectivity index (χ1) is 11.5. The average Bonchev–Trinajstić information content (AvgIpc) is 2.58. The molecule has 1 amide bonds. The highest BCUT2D eigenvalue weighted by atomic mass is 79.9. The topological polar surface area (TPSA) is 93.9 Å². The monoisotopic (exact) mass is 392 g/mol. The number of amides is 1. The molecule has 2 atom stereocenters. The van der Waals surface area contributed by atoms with Crippen LogP contribution >= 0.6 is 15.9 Å². The Labute approximate surface area is 149 Å². The van der Waals surface area contributed by atoms with E-state index < -0.39 is 11.7 Å². The second kappa shape index (κ2) is 7.14. The summed E-state index contributed by atoms with van der Waals surface area (Å²) in [5, 5.41) is 0. The Bertz CT molecular complexity index is 685. The van der Waals surface area contributed by atoms with Crippen LogP contribution in [0.2, 0.25) is 0 Å². The van der Waals surface area contributed by atoms with Gasteiger partial charge in [0.05, 0.1) is 18.8 Å². The SMILES string of the molecule is NC1N=C(C(=O)N2CCOCC2)C=CC1(N)Cc1cccc(Br)c1. The third-order valence-corrected chi connectivity index (χ3v) is 4.79. The third-order valence-electron chi connectivity index (χ3n) is 4.30. The quantitative estimate of drug-likeness (QED) is 0.796. The van der Waals surface area contributed by atoms with Gasteiger partial charge in [-0.2, -0.15) is 0 Å². The van der Waals surface area contributed by atoms with E-state index in [1.807, 2.05) is 24.3 Å². The highest BCUT2D eigenvalue weighted by Crippen LogP contribution is 2.22. The molecular weight excluding hydrogens is 372 g/mol. The Balaban J connectivity index is 1.72. The largest absolute Gasteiger partial charge is 0.378 e. The fourth-order valence-electron chi connectivity index (χ4n) is 2.86. The van der Waals surface area contributed by atoms with Gasteiger partial charge in [-0.25, -0.2) is 0 Å². The van der Waals surface area contributed by atoms with Crippen LogP contribution < -0.4 is 11.5 Å². The molecule has 2 aliphatic heterocycles. The molecule has 0 radical (unpaired) electrons. The summed E-state index contributed by atoms with van der Waals surface area (Å²) in [5.41, 5.74) is 13.2. The van der Waals surface area contributed by atoms with Crippen LogP contribution in [0.15, 0.2) is 45.9 Å². The highest BCUT2D eigenvalue weighted by molar-refractivity contribution is 9.10. The number of dihydropyridines is 1. The predicted molar refractivity (Wildman–Crippen MR) is 96.7 cm³/mol. The van der Waals surface area contributed by atoms with Crippen LogP contribution in [-0.2, 0) is 16.0 Å². The molecule has 0 spiro atoms. The summed E-state index contributed by atoms with van der Waals surface area (Å²) in [4.78, 5) is 18.6. The highest BCUT2D eigenvalue weighted by Gasteiger charge is 2.35. The van der Waals surface area contributed by atoms with Crippen molar-refractivity contribution in [3.8, 4) is 0 Å². The molecule has 1 saturated heterocycles. The van der Waals surface area contributed by atoms with Gasteiger partial charge in [-0.05, 0) is 30.2 Å². The number of rotatable bonds is 3. The van der Waals surface area contributed by atoms with E-state index in [9.17, 15) is 4.79 Å². The van der Waals surface area contributed by atoms with E-state index in [0.29, 0.717) is 38.4 Å². The fraction of sp³-hybridized carbons (Fsp3) is 0.412. The Hall–Kier alpha value is -1.54. The van der Waals surface area contributed by atoms with Crippen molar-refractivity contribution in [2.75, 3.05) is 26.3 Å². The summed E-state index contributed by atoms with van der Waals surface area (Å²) in [7, 11) is 0. The zero-order valence-corrected chi connectivity index (χ0v) is 14.9. The van der Waals surface area contributed by atoms with Crippen molar-refractivity contribution in [1.29, 1.82) is 0 Å². The molecule has 2 unspecified atom stereocenters. The van der Waals surface area contributed by atoms with Gasteiger partial charge in [0, 0.05) is 17.6 Å². The lowest BCUT2D eigenvalue weighted by molar-refractivity contribution is -0.127. The Morgan fingerprint density at radius 1 is 1.42 bits per heavy atom. The molecule has 3 rings (SSSR count). The summed E-state index contributed by atoms with van der Waals surface area (Å²) in [5.74, 6) is -0.116. The van der Waals surface area contributed by atoms with Gasteiger partial charge in [-0.3, -0.25) is 9.79 Å². The van der Waals surface area contributed by atoms with Crippen LogP contribution in [-0.4, -0.2) is 54.5 Å². The molecule has 0 bridgehead atoms. The molecule has 2 heterocycles. The molecule has 24 heavy (non-hydrogen) atoms. The number of hydrogen-bond acceptors (Lipinski definition) is 5. The number of ether oxygens (including phenoxy) is 1. The number of nitrogens with zero attached hydrogens (tertiary/aromatic N) is 2. The van der Waals surface area contributed by atoms with Crippen LogP contribution in [0, 0.1) is 0 Å². The van der Waals surface area contributed by atoms with Crippen molar-refractivity contribution >= 4 is 27.5 Å². The van der Waals surface area contributed by atoms with Crippen molar-refractivity contribution < 1.29 is 9.53 Å². The van der Waals surface area contributed by atoms with Gasteiger partial charge < -0.3 is 21.1 Å². The van der Waals surface area contributed by atoms with E-state index in [2.05, 4.69) is 20.9 Å². The molecule has 2 aliphatic rings. The van der Waals surface area contributed by atoms with E-state index >= 15 is 0 Å². The number of morpholine rings is 1. The molecule has 1 aromatic carbocycles. The molecule has 7 heteroatoms. The number of carbonyl (C=O) groups is 1. The minimum absolute atomic E-state index is 0.116. The van der Waals surface area contributed by atoms with Gasteiger partial charge in [-0.1, -0.05) is 34.1 Å². The second-order valence-electron chi connectivity index (χ2n) is 6.12. The van der Waals surface area contributed by atoms with Crippen molar-refractivity contribution in [2.24, 2.45) is 16.5 Å². The van der Waals surface area contributed by atoms with Crippen LogP contribution in [0.3, 0.4) is 0 Å². The molecule has 6 nitrogen and oxygen atoms in total. The molecule has 0 saturated carbocycles. The van der Waals surface area contributed by atoms with E-state index in [1.54, 1.807) is 17.1 Å². The van der Waals surface area contributed by atoms with Gasteiger partial charge in [-0.15, -0.1) is 0 Å². The molecular formula is C17H21BrN4O2. The average molecular weight is 393 g/mol. The number of benzene rings is 1. The Morgan fingerprint density at radius 3 is 2.83 bits per heavy atom. The van der Waals surface area contributed by atoms with E-state index in [-0.39, 0.29) is 5.91 Å². The van der Waals surface area contributed by atoms with Crippen LogP contribution in [0.4, 0.5) is 0 Å². The molecule has 128 valence electrons. The molecule has 4 N–H and O–H groups in total. The van der Waals surface area contributed by atoms with E-state index in [4.69, 9.17) is 16.2 Å². The molecule has 1 fully saturated rings. The lowest BCUT2D eigenvalue weighted by Gasteiger charge is -2.34. The number of nitrogens with two attached hydrogens (primary N) is 2. The number of hydrogen-bond donors (Lipinski definition) is 2. The molecule has 0 aromatic heterocycles. The van der Waals surface area contributed by atoms with Crippen molar-refractivity contribution in [1.82, 2.24) is 4.90 Å². The summed E-state index contributed by atoms with van der Waals surface area (Å²) < 4.78 is 6.26. The summed E-state index contributed by atoms with van der Waals surface area (Å²) in [6, 6.07) is 7.92. The first kappa shape index (κ1) is 17.3. The summed E-state index contributed by atoms with van der Waals surface area (Å²) >= 11 is 3.45. The fourth-order valence-corrected chi connectivity index (χ4v) is 3.31. The second-order valence-corrected chi connectivity index (χ2v) is 7.03. The van der Waals surface area contributed by atoms with Gasteiger partial charge >= 0.3 is 0 Å². The maximum Gasteiger partial charge on any atom is 0.272 e. The minimum atomic E-state index is -0.810. The summed E-state index contributed by atoms with van der Waals surface area (Å²) in [6.07, 6.45) is 3.38. The minimum Gasteiger partial charge on any atom is -0.378 e. The van der Waals surface area contributed by atoms with Crippen LogP contribution in [0.25, 0.3) is 0 Å². The smallest absolute Gasteiger partial charge is 0.272 e.